The maximum absolute atomic E-state index is 14.5. The minimum Gasteiger partial charge on any atom is -0.481 e. The van der Waals surface area contributed by atoms with Crippen LogP contribution in [0.5, 0.6) is 0 Å². The van der Waals surface area contributed by atoms with Gasteiger partial charge in [0.15, 0.2) is 5.78 Å². The zero-order valence-electron chi connectivity index (χ0n) is 26.3. The van der Waals surface area contributed by atoms with Gasteiger partial charge in [0.2, 0.25) is 5.91 Å². The van der Waals surface area contributed by atoms with Crippen molar-refractivity contribution in [2.45, 2.75) is 118 Å². The summed E-state index contributed by atoms with van der Waals surface area (Å²) in [7, 11) is 0. The van der Waals surface area contributed by atoms with E-state index in [1.165, 1.54) is 0 Å². The first kappa shape index (κ1) is 31.5. The van der Waals surface area contributed by atoms with Crippen molar-refractivity contribution in [3.05, 3.63) is 11.6 Å². The molecule has 5 aliphatic carbocycles. The second-order valence-electron chi connectivity index (χ2n) is 16.1. The molecule has 5 aliphatic rings. The lowest BCUT2D eigenvalue weighted by molar-refractivity contribution is -0.202. The van der Waals surface area contributed by atoms with E-state index in [2.05, 4.69) is 33.0 Å². The smallest absolute Gasteiger partial charge is 0.311 e. The number of carbonyl (C=O) groups is 4. The third-order valence-electron chi connectivity index (χ3n) is 14.1. The molecule has 3 N–H and O–H groups in total. The molecule has 4 saturated carbocycles. The van der Waals surface area contributed by atoms with Crippen LogP contribution in [0.2, 0.25) is 0 Å². The second-order valence-corrected chi connectivity index (χ2v) is 16.5. The molecular formula is C34H50ClNO6. The molecule has 0 aliphatic heterocycles. The van der Waals surface area contributed by atoms with E-state index < -0.39 is 34.2 Å². The highest BCUT2D eigenvalue weighted by Gasteiger charge is 2.72. The van der Waals surface area contributed by atoms with Gasteiger partial charge >= 0.3 is 11.9 Å². The van der Waals surface area contributed by atoms with Crippen molar-refractivity contribution in [2.75, 3.05) is 5.88 Å². The Morgan fingerprint density at radius 1 is 0.929 bits per heavy atom. The van der Waals surface area contributed by atoms with Crippen molar-refractivity contribution in [1.82, 2.24) is 5.32 Å². The number of rotatable bonds is 6. The largest absolute Gasteiger partial charge is 0.481 e. The number of aliphatic carboxylic acids is 2. The van der Waals surface area contributed by atoms with Crippen LogP contribution >= 0.6 is 11.6 Å². The Kier molecular flexibility index (Phi) is 7.56. The third-order valence-corrected chi connectivity index (χ3v) is 14.4. The molecule has 0 aromatic carbocycles. The fourth-order valence-corrected chi connectivity index (χ4v) is 11.2. The van der Waals surface area contributed by atoms with E-state index in [0.29, 0.717) is 44.4 Å². The van der Waals surface area contributed by atoms with Gasteiger partial charge in [0.05, 0.1) is 10.8 Å². The third kappa shape index (κ3) is 4.18. The Balaban J connectivity index is 1.55. The van der Waals surface area contributed by atoms with Crippen LogP contribution in [0.15, 0.2) is 11.6 Å². The van der Waals surface area contributed by atoms with Gasteiger partial charge in [0.25, 0.3) is 0 Å². The summed E-state index contributed by atoms with van der Waals surface area (Å²) in [5, 5.41) is 23.9. The predicted octanol–water partition coefficient (Wildman–Crippen LogP) is 6.62. The number of alkyl halides is 1. The molecule has 7 nitrogen and oxygen atoms in total. The van der Waals surface area contributed by atoms with Crippen molar-refractivity contribution in [3.63, 3.8) is 0 Å². The molecule has 0 saturated heterocycles. The van der Waals surface area contributed by atoms with Gasteiger partial charge in [0, 0.05) is 24.3 Å². The average Bonchev–Trinajstić information content (AvgIpc) is 2.91. The molecule has 5 rings (SSSR count). The predicted molar refractivity (Wildman–Crippen MR) is 161 cm³/mol. The van der Waals surface area contributed by atoms with Gasteiger partial charge < -0.3 is 15.5 Å². The van der Waals surface area contributed by atoms with Gasteiger partial charge in [-0.2, -0.15) is 0 Å². The highest BCUT2D eigenvalue weighted by atomic mass is 35.5. The van der Waals surface area contributed by atoms with E-state index in [9.17, 15) is 29.4 Å². The number of nitrogens with one attached hydrogen (secondary N) is 1. The quantitative estimate of drug-likeness (QED) is 0.293. The summed E-state index contributed by atoms with van der Waals surface area (Å²) in [6.07, 6.45) is 9.29. The van der Waals surface area contributed by atoms with Crippen LogP contribution in [0, 0.1) is 50.2 Å². The number of carboxylic acid groups (broad SMARTS) is 2. The van der Waals surface area contributed by atoms with Crippen LogP contribution in [0.1, 0.15) is 112 Å². The Labute approximate surface area is 255 Å². The van der Waals surface area contributed by atoms with Gasteiger partial charge in [-0.25, -0.2) is 0 Å². The van der Waals surface area contributed by atoms with E-state index in [1.807, 2.05) is 13.0 Å². The van der Waals surface area contributed by atoms with Crippen LogP contribution < -0.4 is 5.32 Å². The molecule has 0 aromatic heterocycles. The molecule has 8 heteroatoms. The first-order chi connectivity index (χ1) is 19.4. The summed E-state index contributed by atoms with van der Waals surface area (Å²) < 4.78 is 0. The van der Waals surface area contributed by atoms with Gasteiger partial charge in [-0.1, -0.05) is 33.3 Å². The van der Waals surface area contributed by atoms with Crippen molar-refractivity contribution in [2.24, 2.45) is 50.2 Å². The maximum atomic E-state index is 14.5. The van der Waals surface area contributed by atoms with Gasteiger partial charge in [-0.15, -0.1) is 11.6 Å². The molecule has 42 heavy (non-hydrogen) atoms. The minimum absolute atomic E-state index is 0.0213. The molecule has 0 spiro atoms. The van der Waals surface area contributed by atoms with Crippen LogP contribution in [0.25, 0.3) is 0 Å². The molecule has 0 radical (unpaired) electrons. The van der Waals surface area contributed by atoms with Crippen LogP contribution in [0.3, 0.4) is 0 Å². The number of carboxylic acids is 2. The summed E-state index contributed by atoms with van der Waals surface area (Å²) in [5.41, 5.74) is -2.05. The summed E-state index contributed by atoms with van der Waals surface area (Å²) in [5.74, 6) is -1.94. The number of hydrogen-bond acceptors (Lipinski definition) is 4. The van der Waals surface area contributed by atoms with E-state index in [1.54, 1.807) is 6.92 Å². The highest BCUT2D eigenvalue weighted by molar-refractivity contribution is 6.17. The molecule has 1 amide bonds. The van der Waals surface area contributed by atoms with Gasteiger partial charge in [-0.3, -0.25) is 19.2 Å². The van der Waals surface area contributed by atoms with E-state index in [4.69, 9.17) is 11.6 Å². The summed E-state index contributed by atoms with van der Waals surface area (Å²) in [6, 6.07) is -0.507. The van der Waals surface area contributed by atoms with Crippen molar-refractivity contribution in [1.29, 1.82) is 0 Å². The number of carbonyl (C=O) groups excluding carboxylic acids is 2. The van der Waals surface area contributed by atoms with Crippen molar-refractivity contribution in [3.8, 4) is 0 Å². The lowest BCUT2D eigenvalue weighted by Gasteiger charge is -2.70. The molecule has 0 unspecified atom stereocenters. The van der Waals surface area contributed by atoms with E-state index in [0.717, 1.165) is 31.3 Å². The monoisotopic (exact) mass is 603 g/mol. The molecule has 0 heterocycles. The first-order valence-corrected chi connectivity index (χ1v) is 16.5. The second kappa shape index (κ2) is 10.1. The summed E-state index contributed by atoms with van der Waals surface area (Å²) in [4.78, 5) is 52.6. The first-order valence-electron chi connectivity index (χ1n) is 16.0. The average molecular weight is 604 g/mol. The summed E-state index contributed by atoms with van der Waals surface area (Å²) >= 11 is 5.79. The summed E-state index contributed by atoms with van der Waals surface area (Å²) in [6.45, 7) is 12.7. The molecule has 4 fully saturated rings. The fourth-order valence-electron chi connectivity index (χ4n) is 11.1. The number of ketones is 1. The molecular weight excluding hydrogens is 554 g/mol. The van der Waals surface area contributed by atoms with Crippen LogP contribution in [-0.4, -0.2) is 45.8 Å². The topological polar surface area (TPSA) is 121 Å². The minimum atomic E-state index is -1.20. The maximum Gasteiger partial charge on any atom is 0.311 e. The lowest BCUT2D eigenvalue weighted by atomic mass is 9.33. The lowest BCUT2D eigenvalue weighted by Crippen LogP contribution is -2.69. The van der Waals surface area contributed by atoms with Crippen molar-refractivity contribution >= 4 is 35.2 Å². The molecule has 234 valence electrons. The Morgan fingerprint density at radius 3 is 2.21 bits per heavy atom. The zero-order valence-corrected chi connectivity index (χ0v) is 27.0. The standard InChI is InChI=1S/C34H50ClNO6/c1-29-13-14-30(2,27(39)40)19-21(29)20-18-22(37)26-31(3)11-10-24(36-25(38)8-7-17-35)34(6,28(41)42)23(31)9-12-33(26,5)32(20,4)16-15-29/h18,21,23-24,26H,7-17,19H2,1-6H3,(H,36,38)(H,39,40)(H,41,42)/t21-,23+,24-,26+,29+,30-,31-,32+,33+,34-/m0/s1. The number of amides is 1. The fraction of sp³-hybridized carbons (Fsp3) is 0.824. The zero-order chi connectivity index (χ0) is 31.1. The van der Waals surface area contributed by atoms with Crippen molar-refractivity contribution < 1.29 is 29.4 Å². The normalized spacial score (nSPS) is 48.1. The highest BCUT2D eigenvalue weighted by Crippen LogP contribution is 2.75. The number of allylic oxidation sites excluding steroid dienone is 2. The Bertz CT molecular complexity index is 1230. The molecule has 0 aromatic rings. The van der Waals surface area contributed by atoms with E-state index in [-0.39, 0.29) is 52.1 Å². The van der Waals surface area contributed by atoms with Crippen LogP contribution in [0.4, 0.5) is 0 Å². The SMILES string of the molecule is C[C@]1(C(=O)O)CC[C@]2(C)CC[C@]3(C)C(=CC(=O)[C@@H]4[C@@]5(C)CC[C@H](NC(=O)CCCCl)[C@@](C)(C(=O)O)[C@@H]5CC[C@]43C)[C@@H]2C1. The number of halogens is 1. The number of fused-ring (bicyclic) bond motifs is 7. The molecule has 0 bridgehead atoms. The number of hydrogen-bond donors (Lipinski definition) is 3. The molecule has 10 atom stereocenters. The van der Waals surface area contributed by atoms with Gasteiger partial charge in [-0.05, 0) is 118 Å². The van der Waals surface area contributed by atoms with Crippen LogP contribution in [-0.2, 0) is 19.2 Å². The van der Waals surface area contributed by atoms with E-state index >= 15 is 0 Å². The Morgan fingerprint density at radius 2 is 1.60 bits per heavy atom. The van der Waals surface area contributed by atoms with Gasteiger partial charge in [0.1, 0.15) is 0 Å². The Hall–Kier alpha value is -1.89.